The van der Waals surface area contributed by atoms with Gasteiger partial charge in [0.25, 0.3) is 5.56 Å². The number of amides is 1. The first-order valence-corrected chi connectivity index (χ1v) is 9.38. The van der Waals surface area contributed by atoms with Gasteiger partial charge in [0.05, 0.1) is 28.4 Å². The van der Waals surface area contributed by atoms with Crippen molar-refractivity contribution in [1.29, 1.82) is 0 Å². The Labute approximate surface area is 170 Å². The molecule has 0 fully saturated rings. The first kappa shape index (κ1) is 17.9. The molecule has 0 spiro atoms. The van der Waals surface area contributed by atoms with Gasteiger partial charge in [-0.25, -0.2) is 9.67 Å². The van der Waals surface area contributed by atoms with Crippen LogP contribution in [0.15, 0.2) is 70.1 Å². The van der Waals surface area contributed by atoms with Gasteiger partial charge < -0.3 is 14.7 Å². The highest BCUT2D eigenvalue weighted by atomic mass is 16.3. The van der Waals surface area contributed by atoms with Crippen LogP contribution in [0.1, 0.15) is 5.69 Å². The molecule has 0 aliphatic carbocycles. The number of aromatic amines is 1. The lowest BCUT2D eigenvalue weighted by Gasteiger charge is -2.09. The van der Waals surface area contributed by atoms with Gasteiger partial charge in [-0.15, -0.1) is 0 Å². The van der Waals surface area contributed by atoms with E-state index in [2.05, 4.69) is 20.4 Å². The number of nitrogens with zero attached hydrogens (tertiary/aromatic N) is 3. The first-order valence-electron chi connectivity index (χ1n) is 9.38. The lowest BCUT2D eigenvalue weighted by Crippen LogP contribution is -2.30. The number of nitrogens with one attached hydrogen (secondary N) is 2. The molecule has 5 aromatic rings. The van der Waals surface area contributed by atoms with Crippen LogP contribution in [-0.4, -0.2) is 25.7 Å². The number of carbonyl (C=O) groups excluding carboxylic acids is 1. The second kappa shape index (κ2) is 7.00. The fourth-order valence-electron chi connectivity index (χ4n) is 3.47. The summed E-state index contributed by atoms with van der Waals surface area (Å²) in [6.07, 6.45) is 1.58. The molecular weight excluding hydrogens is 382 g/mol. The summed E-state index contributed by atoms with van der Waals surface area (Å²) < 4.78 is 6.55. The van der Waals surface area contributed by atoms with Gasteiger partial charge in [-0.3, -0.25) is 9.59 Å². The van der Waals surface area contributed by atoms with Crippen molar-refractivity contribution in [3.8, 4) is 11.6 Å². The highest BCUT2D eigenvalue weighted by Gasteiger charge is 2.12. The van der Waals surface area contributed by atoms with Crippen LogP contribution < -0.4 is 10.9 Å². The quantitative estimate of drug-likeness (QED) is 0.481. The number of carbonyl (C=O) groups is 1. The fourth-order valence-corrected chi connectivity index (χ4v) is 3.47. The van der Waals surface area contributed by atoms with E-state index in [1.807, 2.05) is 25.1 Å². The van der Waals surface area contributed by atoms with E-state index in [0.29, 0.717) is 28.4 Å². The standard InChI is InChI=1S/C22H17N5O3/c1-13-15-5-2-3-6-16(15)22(29)27(26-13)12-20(28)23-14-8-9-17-18(11-14)25-21(24-17)19-7-4-10-30-19/h2-11H,12H2,1H3,(H,23,28)(H,24,25). The summed E-state index contributed by atoms with van der Waals surface area (Å²) in [5.41, 5.74) is 2.51. The van der Waals surface area contributed by atoms with Crippen molar-refractivity contribution >= 4 is 33.4 Å². The van der Waals surface area contributed by atoms with Crippen molar-refractivity contribution in [3.63, 3.8) is 0 Å². The molecule has 148 valence electrons. The molecule has 0 atom stereocenters. The van der Waals surface area contributed by atoms with Gasteiger partial charge >= 0.3 is 0 Å². The SMILES string of the molecule is Cc1nn(CC(=O)Nc2ccc3nc(-c4ccco4)[nH]c3c2)c(=O)c2ccccc12. The summed E-state index contributed by atoms with van der Waals surface area (Å²) in [4.78, 5) is 32.9. The number of imidazole rings is 1. The number of aryl methyl sites for hydroxylation is 1. The summed E-state index contributed by atoms with van der Waals surface area (Å²) in [5, 5.41) is 8.42. The Bertz CT molecular complexity index is 1450. The molecule has 1 amide bonds. The van der Waals surface area contributed by atoms with E-state index in [1.165, 1.54) is 4.68 Å². The van der Waals surface area contributed by atoms with Crippen LogP contribution in [0, 0.1) is 6.92 Å². The van der Waals surface area contributed by atoms with Crippen molar-refractivity contribution in [3.05, 3.63) is 76.9 Å². The second-order valence-electron chi connectivity index (χ2n) is 6.94. The number of anilines is 1. The highest BCUT2D eigenvalue weighted by Crippen LogP contribution is 2.23. The maximum atomic E-state index is 12.7. The molecule has 0 saturated carbocycles. The average Bonchev–Trinajstić information content (AvgIpc) is 3.41. The zero-order valence-electron chi connectivity index (χ0n) is 16.0. The zero-order valence-corrected chi connectivity index (χ0v) is 16.0. The minimum Gasteiger partial charge on any atom is -0.461 e. The molecule has 3 heterocycles. The van der Waals surface area contributed by atoms with E-state index in [1.54, 1.807) is 42.7 Å². The molecule has 0 aliphatic heterocycles. The molecule has 8 nitrogen and oxygen atoms in total. The molecule has 0 radical (unpaired) electrons. The lowest BCUT2D eigenvalue weighted by molar-refractivity contribution is -0.117. The summed E-state index contributed by atoms with van der Waals surface area (Å²) in [6.45, 7) is 1.64. The van der Waals surface area contributed by atoms with Crippen LogP contribution in [0.3, 0.4) is 0 Å². The molecule has 0 aliphatic rings. The van der Waals surface area contributed by atoms with Crippen molar-refractivity contribution < 1.29 is 9.21 Å². The number of H-pyrrole nitrogens is 1. The van der Waals surface area contributed by atoms with Gasteiger partial charge in [0, 0.05) is 11.1 Å². The van der Waals surface area contributed by atoms with Crippen molar-refractivity contribution in [2.24, 2.45) is 0 Å². The predicted molar refractivity (Wildman–Crippen MR) is 113 cm³/mol. The van der Waals surface area contributed by atoms with E-state index in [4.69, 9.17) is 4.42 Å². The summed E-state index contributed by atoms with van der Waals surface area (Å²) in [7, 11) is 0. The van der Waals surface area contributed by atoms with Crippen molar-refractivity contribution in [1.82, 2.24) is 19.7 Å². The smallest absolute Gasteiger partial charge is 0.275 e. The summed E-state index contributed by atoms with van der Waals surface area (Å²) >= 11 is 0. The molecule has 3 aromatic heterocycles. The van der Waals surface area contributed by atoms with Crippen LogP contribution >= 0.6 is 0 Å². The minimum atomic E-state index is -0.343. The fraction of sp³-hybridized carbons (Fsp3) is 0.0909. The maximum Gasteiger partial charge on any atom is 0.275 e. The number of furan rings is 1. The van der Waals surface area contributed by atoms with Crippen LogP contribution in [-0.2, 0) is 11.3 Å². The molecule has 2 aromatic carbocycles. The Balaban J connectivity index is 1.39. The number of benzene rings is 2. The van der Waals surface area contributed by atoms with Crippen molar-refractivity contribution in [2.75, 3.05) is 5.32 Å². The number of hydrogen-bond donors (Lipinski definition) is 2. The summed E-state index contributed by atoms with van der Waals surface area (Å²) in [5.74, 6) is 0.902. The maximum absolute atomic E-state index is 12.7. The lowest BCUT2D eigenvalue weighted by atomic mass is 10.1. The van der Waals surface area contributed by atoms with E-state index in [-0.39, 0.29) is 18.0 Å². The molecule has 30 heavy (non-hydrogen) atoms. The monoisotopic (exact) mass is 399 g/mol. The second-order valence-corrected chi connectivity index (χ2v) is 6.94. The van der Waals surface area contributed by atoms with Gasteiger partial charge in [0.1, 0.15) is 6.54 Å². The van der Waals surface area contributed by atoms with Crippen LogP contribution in [0.5, 0.6) is 0 Å². The molecule has 0 saturated heterocycles. The van der Waals surface area contributed by atoms with Gasteiger partial charge in [-0.05, 0) is 43.3 Å². The highest BCUT2D eigenvalue weighted by molar-refractivity contribution is 5.93. The molecule has 5 rings (SSSR count). The van der Waals surface area contributed by atoms with E-state index >= 15 is 0 Å². The largest absolute Gasteiger partial charge is 0.461 e. The molecule has 0 bridgehead atoms. The van der Waals surface area contributed by atoms with Gasteiger partial charge in [-0.2, -0.15) is 5.10 Å². The Morgan fingerprint density at radius 1 is 1.13 bits per heavy atom. The van der Waals surface area contributed by atoms with Crippen molar-refractivity contribution in [2.45, 2.75) is 13.5 Å². The third kappa shape index (κ3) is 3.14. The molecule has 0 unspecified atom stereocenters. The summed E-state index contributed by atoms with van der Waals surface area (Å²) in [6, 6.07) is 16.2. The third-order valence-corrected chi connectivity index (χ3v) is 4.87. The van der Waals surface area contributed by atoms with E-state index < -0.39 is 0 Å². The minimum absolute atomic E-state index is 0.177. The van der Waals surface area contributed by atoms with Gasteiger partial charge in [0.2, 0.25) is 5.91 Å². The Kier molecular flexibility index (Phi) is 4.17. The van der Waals surface area contributed by atoms with E-state index in [0.717, 1.165) is 16.4 Å². The average molecular weight is 399 g/mol. The van der Waals surface area contributed by atoms with Crippen LogP contribution in [0.2, 0.25) is 0 Å². The predicted octanol–water partition coefficient (Wildman–Crippen LogP) is 3.48. The Morgan fingerprint density at radius 2 is 1.97 bits per heavy atom. The molecular formula is C22H17N5O3. The Hall–Kier alpha value is -4.20. The topological polar surface area (TPSA) is 106 Å². The van der Waals surface area contributed by atoms with E-state index in [9.17, 15) is 9.59 Å². The number of fused-ring (bicyclic) bond motifs is 2. The number of aromatic nitrogens is 4. The van der Waals surface area contributed by atoms with Crippen LogP contribution in [0.25, 0.3) is 33.4 Å². The van der Waals surface area contributed by atoms with Gasteiger partial charge in [0.15, 0.2) is 11.6 Å². The number of rotatable bonds is 4. The number of hydrogen-bond acceptors (Lipinski definition) is 5. The molecule has 2 N–H and O–H groups in total. The first-order chi connectivity index (χ1) is 14.6. The zero-order chi connectivity index (χ0) is 20.7. The Morgan fingerprint density at radius 3 is 2.77 bits per heavy atom. The van der Waals surface area contributed by atoms with Crippen LogP contribution in [0.4, 0.5) is 5.69 Å². The third-order valence-electron chi connectivity index (χ3n) is 4.87. The normalized spacial score (nSPS) is 11.2. The molecule has 8 heteroatoms. The van der Waals surface area contributed by atoms with Gasteiger partial charge in [-0.1, -0.05) is 18.2 Å².